The van der Waals surface area contributed by atoms with Crippen molar-refractivity contribution in [2.75, 3.05) is 34.4 Å². The van der Waals surface area contributed by atoms with Crippen molar-refractivity contribution in [3.05, 3.63) is 23.8 Å². The zero-order valence-electron chi connectivity index (χ0n) is 12.5. The van der Waals surface area contributed by atoms with Gasteiger partial charge >= 0.3 is 0 Å². The predicted molar refractivity (Wildman–Crippen MR) is 79.0 cm³/mol. The Bertz CT molecular complexity index is 380. The molecule has 0 spiro atoms. The van der Waals surface area contributed by atoms with Gasteiger partial charge < -0.3 is 20.1 Å². The van der Waals surface area contributed by atoms with Crippen molar-refractivity contribution in [1.29, 1.82) is 0 Å². The topological polar surface area (TPSA) is 47.7 Å². The molecule has 0 saturated heterocycles. The molecule has 0 aliphatic rings. The zero-order chi connectivity index (χ0) is 14.3. The smallest absolute Gasteiger partial charge is 0.161 e. The van der Waals surface area contributed by atoms with Crippen molar-refractivity contribution in [2.45, 2.75) is 25.8 Å². The van der Waals surface area contributed by atoms with Gasteiger partial charge in [0.25, 0.3) is 0 Å². The molecule has 0 amide bonds. The summed E-state index contributed by atoms with van der Waals surface area (Å²) in [5.74, 6) is 1.57. The number of benzene rings is 1. The summed E-state index contributed by atoms with van der Waals surface area (Å²) in [6, 6.07) is 6.24. The fourth-order valence-electron chi connectivity index (χ4n) is 1.74. The van der Waals surface area contributed by atoms with Crippen LogP contribution in [0.1, 0.15) is 18.9 Å². The number of methoxy groups -OCH3 is 1. The molecule has 1 aromatic rings. The van der Waals surface area contributed by atoms with Crippen molar-refractivity contribution in [3.8, 4) is 11.5 Å². The van der Waals surface area contributed by atoms with E-state index in [0.717, 1.165) is 30.9 Å². The molecule has 19 heavy (non-hydrogen) atoms. The molecule has 0 aliphatic heterocycles. The third-order valence-corrected chi connectivity index (χ3v) is 3.05. The molecule has 0 heterocycles. The maximum absolute atomic E-state index is 5.97. The molecule has 0 saturated carbocycles. The van der Waals surface area contributed by atoms with Gasteiger partial charge in [0.05, 0.1) is 7.11 Å². The molecule has 4 heteroatoms. The highest BCUT2D eigenvalue weighted by molar-refractivity contribution is 5.43. The van der Waals surface area contributed by atoms with Gasteiger partial charge in [0, 0.05) is 12.6 Å². The van der Waals surface area contributed by atoms with Crippen LogP contribution >= 0.6 is 0 Å². The number of nitrogens with two attached hydrogens (primary N) is 1. The largest absolute Gasteiger partial charge is 0.493 e. The van der Waals surface area contributed by atoms with Gasteiger partial charge in [-0.3, -0.25) is 0 Å². The van der Waals surface area contributed by atoms with Crippen LogP contribution in [0.15, 0.2) is 18.2 Å². The van der Waals surface area contributed by atoms with E-state index in [1.165, 1.54) is 5.56 Å². The van der Waals surface area contributed by atoms with Crippen LogP contribution in [0.5, 0.6) is 11.5 Å². The first kappa shape index (κ1) is 15.8. The quantitative estimate of drug-likeness (QED) is 0.781. The Hall–Kier alpha value is -1.26. The number of rotatable bonds is 8. The Balaban J connectivity index is 2.67. The molecule has 4 nitrogen and oxygen atoms in total. The minimum Gasteiger partial charge on any atom is -0.493 e. The lowest BCUT2D eigenvalue weighted by atomic mass is 10.0. The Morgan fingerprint density at radius 1 is 1.26 bits per heavy atom. The predicted octanol–water partition coefficient (Wildman–Crippen LogP) is 1.92. The molecule has 1 rings (SSSR count). The maximum atomic E-state index is 5.97. The molecule has 0 radical (unpaired) electrons. The van der Waals surface area contributed by atoms with E-state index in [4.69, 9.17) is 15.2 Å². The molecule has 0 fully saturated rings. The third kappa shape index (κ3) is 5.49. The molecule has 1 aromatic carbocycles. The number of hydrogen-bond donors (Lipinski definition) is 1. The Kier molecular flexibility index (Phi) is 6.67. The molecule has 0 aromatic heterocycles. The number of likely N-dealkylation sites (N-methyl/N-ethyl adjacent to an activating group) is 1. The van der Waals surface area contributed by atoms with E-state index in [0.29, 0.717) is 6.61 Å². The van der Waals surface area contributed by atoms with Crippen molar-refractivity contribution in [1.82, 2.24) is 4.90 Å². The highest BCUT2D eigenvalue weighted by Crippen LogP contribution is 2.28. The molecular weight excluding hydrogens is 240 g/mol. The molecule has 108 valence electrons. The van der Waals surface area contributed by atoms with Crippen LogP contribution in [0, 0.1) is 0 Å². The lowest BCUT2D eigenvalue weighted by molar-refractivity contribution is 0.250. The van der Waals surface area contributed by atoms with Gasteiger partial charge in [0.2, 0.25) is 0 Å². The first-order valence-corrected chi connectivity index (χ1v) is 6.76. The second-order valence-electron chi connectivity index (χ2n) is 5.01. The van der Waals surface area contributed by atoms with Gasteiger partial charge in [-0.05, 0) is 44.6 Å². The summed E-state index contributed by atoms with van der Waals surface area (Å²) < 4.78 is 11.1. The molecule has 1 unspecified atom stereocenters. The fraction of sp³-hybridized carbons (Fsp3) is 0.600. The van der Waals surface area contributed by atoms with E-state index in [1.54, 1.807) is 7.11 Å². The minimum absolute atomic E-state index is 0.199. The highest BCUT2D eigenvalue weighted by atomic mass is 16.5. The van der Waals surface area contributed by atoms with E-state index in [2.05, 4.69) is 17.9 Å². The minimum atomic E-state index is 0.199. The summed E-state index contributed by atoms with van der Waals surface area (Å²) in [4.78, 5) is 2.08. The van der Waals surface area contributed by atoms with Crippen LogP contribution in [-0.2, 0) is 6.42 Å². The molecule has 1 atom stereocenters. The Labute approximate surface area is 116 Å². The maximum Gasteiger partial charge on any atom is 0.161 e. The van der Waals surface area contributed by atoms with Crippen LogP contribution in [0.2, 0.25) is 0 Å². The second kappa shape index (κ2) is 8.02. The van der Waals surface area contributed by atoms with Gasteiger partial charge in [0.15, 0.2) is 11.5 Å². The molecule has 0 bridgehead atoms. The van der Waals surface area contributed by atoms with E-state index in [1.807, 2.05) is 26.2 Å². The average Bonchev–Trinajstić information content (AvgIpc) is 2.39. The van der Waals surface area contributed by atoms with Gasteiger partial charge in [0.1, 0.15) is 6.61 Å². The molecule has 2 N–H and O–H groups in total. The molecule has 0 aliphatic carbocycles. The lowest BCUT2D eigenvalue weighted by Crippen LogP contribution is -2.21. The van der Waals surface area contributed by atoms with Crippen molar-refractivity contribution >= 4 is 0 Å². The summed E-state index contributed by atoms with van der Waals surface area (Å²) in [6.07, 6.45) is 1.84. The van der Waals surface area contributed by atoms with E-state index < -0.39 is 0 Å². The third-order valence-electron chi connectivity index (χ3n) is 3.05. The summed E-state index contributed by atoms with van der Waals surface area (Å²) in [6.45, 7) is 3.63. The fourth-order valence-corrected chi connectivity index (χ4v) is 1.74. The van der Waals surface area contributed by atoms with Crippen LogP contribution in [-0.4, -0.2) is 45.3 Å². The lowest BCUT2D eigenvalue weighted by Gasteiger charge is -2.15. The van der Waals surface area contributed by atoms with Gasteiger partial charge in [-0.1, -0.05) is 13.0 Å². The average molecular weight is 266 g/mol. The zero-order valence-corrected chi connectivity index (χ0v) is 12.5. The van der Waals surface area contributed by atoms with Gasteiger partial charge in [-0.2, -0.15) is 0 Å². The van der Waals surface area contributed by atoms with Gasteiger partial charge in [-0.15, -0.1) is 0 Å². The van der Waals surface area contributed by atoms with Crippen molar-refractivity contribution < 1.29 is 9.47 Å². The van der Waals surface area contributed by atoms with Crippen LogP contribution in [0.25, 0.3) is 0 Å². The van der Waals surface area contributed by atoms with Crippen molar-refractivity contribution in [3.63, 3.8) is 0 Å². The SMILES string of the molecule is CCC(N)Cc1ccc(OCCN(C)C)c(OC)c1. The van der Waals surface area contributed by atoms with E-state index >= 15 is 0 Å². The summed E-state index contributed by atoms with van der Waals surface area (Å²) in [5, 5.41) is 0. The normalized spacial score (nSPS) is 12.5. The standard InChI is InChI=1S/C15H26N2O2/c1-5-13(16)10-12-6-7-14(15(11-12)18-4)19-9-8-17(2)3/h6-7,11,13H,5,8-10,16H2,1-4H3. The summed E-state index contributed by atoms with van der Waals surface area (Å²) in [5.41, 5.74) is 7.16. The summed E-state index contributed by atoms with van der Waals surface area (Å²) >= 11 is 0. The first-order chi connectivity index (χ1) is 9.06. The van der Waals surface area contributed by atoms with Crippen LogP contribution in [0.4, 0.5) is 0 Å². The second-order valence-corrected chi connectivity index (χ2v) is 5.01. The van der Waals surface area contributed by atoms with Gasteiger partial charge in [-0.25, -0.2) is 0 Å². The Morgan fingerprint density at radius 2 is 2.00 bits per heavy atom. The van der Waals surface area contributed by atoms with Crippen LogP contribution < -0.4 is 15.2 Å². The van der Waals surface area contributed by atoms with Crippen LogP contribution in [0.3, 0.4) is 0 Å². The highest BCUT2D eigenvalue weighted by Gasteiger charge is 2.08. The number of ether oxygens (including phenoxy) is 2. The Morgan fingerprint density at radius 3 is 2.58 bits per heavy atom. The number of nitrogens with zero attached hydrogens (tertiary/aromatic N) is 1. The summed E-state index contributed by atoms with van der Waals surface area (Å²) in [7, 11) is 5.71. The van der Waals surface area contributed by atoms with E-state index in [9.17, 15) is 0 Å². The van der Waals surface area contributed by atoms with Crippen molar-refractivity contribution in [2.24, 2.45) is 5.73 Å². The molecular formula is C15H26N2O2. The van der Waals surface area contributed by atoms with E-state index in [-0.39, 0.29) is 6.04 Å². The monoisotopic (exact) mass is 266 g/mol. The first-order valence-electron chi connectivity index (χ1n) is 6.76. The number of hydrogen-bond acceptors (Lipinski definition) is 4.